The van der Waals surface area contributed by atoms with E-state index >= 15 is 0 Å². The van der Waals surface area contributed by atoms with Gasteiger partial charge >= 0.3 is 0 Å². The molecule has 20 heavy (non-hydrogen) atoms. The van der Waals surface area contributed by atoms with Gasteiger partial charge in [0.25, 0.3) is 5.91 Å². The first-order valence-electron chi connectivity index (χ1n) is 6.02. The maximum atomic E-state index is 12.3. The molecule has 0 saturated carbocycles. The van der Waals surface area contributed by atoms with E-state index in [1.807, 2.05) is 29.6 Å². The van der Waals surface area contributed by atoms with Crippen LogP contribution in [0.2, 0.25) is 0 Å². The lowest BCUT2D eigenvalue weighted by molar-refractivity contribution is 0.0953. The molecule has 1 aromatic carbocycles. The molecule has 2 heterocycles. The molecule has 0 unspecified atom stereocenters. The summed E-state index contributed by atoms with van der Waals surface area (Å²) in [6, 6.07) is 7.46. The quantitative estimate of drug-likeness (QED) is 0.633. The number of carbonyl (C=O) groups excluding carboxylic acids is 1. The fourth-order valence-electron chi connectivity index (χ4n) is 2.03. The number of nitrogen functional groups attached to an aromatic ring is 1. The highest BCUT2D eigenvalue weighted by atomic mass is 79.9. The van der Waals surface area contributed by atoms with E-state index in [0.717, 1.165) is 20.3 Å². The molecule has 0 fully saturated rings. The Kier molecular flexibility index (Phi) is 3.50. The Labute approximate surface area is 128 Å². The van der Waals surface area contributed by atoms with Gasteiger partial charge in [0.1, 0.15) is 0 Å². The lowest BCUT2D eigenvalue weighted by atomic mass is 10.1. The third-order valence-electron chi connectivity index (χ3n) is 3.05. The zero-order valence-corrected chi connectivity index (χ0v) is 12.8. The molecule has 6 heteroatoms. The second-order valence-electron chi connectivity index (χ2n) is 4.38. The Morgan fingerprint density at radius 3 is 3.00 bits per heavy atom. The summed E-state index contributed by atoms with van der Waals surface area (Å²) in [4.78, 5) is 16.4. The van der Waals surface area contributed by atoms with Crippen molar-refractivity contribution in [1.82, 2.24) is 10.3 Å². The normalized spacial score (nSPS) is 10.8. The first-order chi connectivity index (χ1) is 9.65. The Hall–Kier alpha value is -1.79. The average Bonchev–Trinajstić information content (AvgIpc) is 3.02. The summed E-state index contributed by atoms with van der Waals surface area (Å²) in [5.74, 6) is -0.109. The molecule has 4 N–H and O–H groups in total. The maximum Gasteiger partial charge on any atom is 0.253 e. The number of carbonyl (C=O) groups is 1. The topological polar surface area (TPSA) is 70.9 Å². The highest BCUT2D eigenvalue weighted by Crippen LogP contribution is 2.23. The number of anilines is 1. The van der Waals surface area contributed by atoms with E-state index in [4.69, 9.17) is 5.73 Å². The van der Waals surface area contributed by atoms with Gasteiger partial charge in [-0.3, -0.25) is 4.79 Å². The number of nitrogens with two attached hydrogens (primary N) is 1. The van der Waals surface area contributed by atoms with E-state index in [1.165, 1.54) is 0 Å². The number of aromatic nitrogens is 1. The first kappa shape index (κ1) is 13.2. The molecule has 3 aromatic rings. The van der Waals surface area contributed by atoms with E-state index < -0.39 is 0 Å². The number of fused-ring (bicyclic) bond motifs is 1. The predicted octanol–water partition coefficient (Wildman–Crippen LogP) is 3.50. The number of halogens is 1. The largest absolute Gasteiger partial charge is 0.399 e. The molecule has 4 nitrogen and oxygen atoms in total. The second-order valence-corrected chi connectivity index (χ2v) is 6.24. The molecule has 1 amide bonds. The number of benzene rings is 1. The van der Waals surface area contributed by atoms with Crippen molar-refractivity contribution in [2.75, 3.05) is 5.73 Å². The molecule has 0 aliphatic rings. The van der Waals surface area contributed by atoms with Gasteiger partial charge in [0.05, 0.1) is 12.1 Å². The average molecular weight is 350 g/mol. The molecule has 0 radical (unpaired) electrons. The van der Waals surface area contributed by atoms with Crippen LogP contribution in [-0.4, -0.2) is 10.9 Å². The van der Waals surface area contributed by atoms with Crippen molar-refractivity contribution in [2.45, 2.75) is 6.54 Å². The summed E-state index contributed by atoms with van der Waals surface area (Å²) >= 11 is 5.06. The number of aromatic amines is 1. The van der Waals surface area contributed by atoms with Crippen molar-refractivity contribution in [3.05, 3.63) is 50.8 Å². The van der Waals surface area contributed by atoms with Crippen LogP contribution in [-0.2, 0) is 6.54 Å². The van der Waals surface area contributed by atoms with Crippen LogP contribution in [0.15, 0.2) is 40.3 Å². The fraction of sp³-hybridized carbons (Fsp3) is 0.0714. The Morgan fingerprint density at radius 2 is 2.25 bits per heavy atom. The monoisotopic (exact) mass is 349 g/mol. The molecular weight excluding hydrogens is 338 g/mol. The number of H-pyrrole nitrogens is 1. The molecule has 2 aromatic heterocycles. The summed E-state index contributed by atoms with van der Waals surface area (Å²) in [7, 11) is 0. The predicted molar refractivity (Wildman–Crippen MR) is 85.9 cm³/mol. The number of amides is 1. The van der Waals surface area contributed by atoms with Gasteiger partial charge < -0.3 is 16.0 Å². The first-order valence-corrected chi connectivity index (χ1v) is 7.69. The van der Waals surface area contributed by atoms with Crippen LogP contribution in [0.4, 0.5) is 5.69 Å². The standard InChI is InChI=1S/C14H12BrN3OS/c15-11-3-4-20-13(11)7-18-14(19)10-6-17-12-2-1-8(16)5-9(10)12/h1-6,17H,7,16H2,(H,18,19). The lowest BCUT2D eigenvalue weighted by Crippen LogP contribution is -2.22. The van der Waals surface area contributed by atoms with Gasteiger partial charge in [-0.15, -0.1) is 11.3 Å². The van der Waals surface area contributed by atoms with Gasteiger partial charge in [-0.1, -0.05) is 0 Å². The minimum atomic E-state index is -0.109. The third-order valence-corrected chi connectivity index (χ3v) is 4.98. The zero-order valence-electron chi connectivity index (χ0n) is 10.4. The molecule has 0 aliphatic heterocycles. The van der Waals surface area contributed by atoms with Gasteiger partial charge in [0, 0.05) is 32.1 Å². The van der Waals surface area contributed by atoms with Crippen LogP contribution < -0.4 is 11.1 Å². The second kappa shape index (κ2) is 5.30. The number of nitrogens with one attached hydrogen (secondary N) is 2. The zero-order chi connectivity index (χ0) is 14.1. The number of hydrogen-bond donors (Lipinski definition) is 3. The maximum absolute atomic E-state index is 12.3. The van der Waals surface area contributed by atoms with E-state index in [-0.39, 0.29) is 5.91 Å². The molecule has 0 bridgehead atoms. The summed E-state index contributed by atoms with van der Waals surface area (Å²) in [6.45, 7) is 0.506. The van der Waals surface area contributed by atoms with Crippen molar-refractivity contribution in [1.29, 1.82) is 0 Å². The molecule has 0 atom stereocenters. The minimum Gasteiger partial charge on any atom is -0.399 e. The van der Waals surface area contributed by atoms with E-state index in [2.05, 4.69) is 26.2 Å². The van der Waals surface area contributed by atoms with Crippen LogP contribution in [0.3, 0.4) is 0 Å². The highest BCUT2D eigenvalue weighted by Gasteiger charge is 2.12. The van der Waals surface area contributed by atoms with E-state index in [9.17, 15) is 4.79 Å². The fourth-order valence-corrected chi connectivity index (χ4v) is 3.47. The number of rotatable bonds is 3. The minimum absolute atomic E-state index is 0.109. The summed E-state index contributed by atoms with van der Waals surface area (Å²) in [5, 5.41) is 5.75. The van der Waals surface area contributed by atoms with Gasteiger partial charge in [-0.05, 0) is 45.6 Å². The highest BCUT2D eigenvalue weighted by molar-refractivity contribution is 9.10. The van der Waals surface area contributed by atoms with E-state index in [1.54, 1.807) is 17.5 Å². The molecule has 3 rings (SSSR count). The van der Waals surface area contributed by atoms with Crippen molar-refractivity contribution in [2.24, 2.45) is 0 Å². The van der Waals surface area contributed by atoms with Gasteiger partial charge in [0.2, 0.25) is 0 Å². The molecule has 0 saturated heterocycles. The lowest BCUT2D eigenvalue weighted by Gasteiger charge is -2.03. The Balaban J connectivity index is 1.82. The van der Waals surface area contributed by atoms with Crippen molar-refractivity contribution in [3.8, 4) is 0 Å². The Morgan fingerprint density at radius 1 is 1.40 bits per heavy atom. The molecule has 102 valence electrons. The van der Waals surface area contributed by atoms with Crippen LogP contribution in [0.5, 0.6) is 0 Å². The summed E-state index contributed by atoms with van der Waals surface area (Å²) in [5.41, 5.74) is 7.93. The molecule has 0 spiro atoms. The van der Waals surface area contributed by atoms with Crippen LogP contribution >= 0.6 is 27.3 Å². The van der Waals surface area contributed by atoms with Crippen molar-refractivity contribution < 1.29 is 4.79 Å². The van der Waals surface area contributed by atoms with Gasteiger partial charge in [0.15, 0.2) is 0 Å². The smallest absolute Gasteiger partial charge is 0.253 e. The van der Waals surface area contributed by atoms with Gasteiger partial charge in [-0.2, -0.15) is 0 Å². The van der Waals surface area contributed by atoms with Crippen LogP contribution in [0.25, 0.3) is 10.9 Å². The SMILES string of the molecule is Nc1ccc2[nH]cc(C(=O)NCc3sccc3Br)c2c1. The summed E-state index contributed by atoms with van der Waals surface area (Å²) < 4.78 is 1.02. The van der Waals surface area contributed by atoms with Crippen molar-refractivity contribution >= 4 is 49.8 Å². The van der Waals surface area contributed by atoms with E-state index in [0.29, 0.717) is 17.8 Å². The summed E-state index contributed by atoms with van der Waals surface area (Å²) in [6.07, 6.45) is 1.71. The Bertz CT molecular complexity index is 778. The van der Waals surface area contributed by atoms with Crippen LogP contribution in [0, 0.1) is 0 Å². The number of hydrogen-bond acceptors (Lipinski definition) is 3. The third kappa shape index (κ3) is 2.44. The molecule has 0 aliphatic carbocycles. The van der Waals surface area contributed by atoms with Gasteiger partial charge in [-0.25, -0.2) is 0 Å². The van der Waals surface area contributed by atoms with Crippen LogP contribution in [0.1, 0.15) is 15.2 Å². The van der Waals surface area contributed by atoms with Crippen molar-refractivity contribution in [3.63, 3.8) is 0 Å². The number of thiophene rings is 1. The molecular formula is C14H12BrN3OS.